The summed E-state index contributed by atoms with van der Waals surface area (Å²) in [5.41, 5.74) is 0.822. The Bertz CT molecular complexity index is 1260. The van der Waals surface area contributed by atoms with Gasteiger partial charge in [-0.05, 0) is 45.0 Å². The summed E-state index contributed by atoms with van der Waals surface area (Å²) in [6, 6.07) is 12.5. The van der Waals surface area contributed by atoms with Crippen LogP contribution < -0.4 is 20.5 Å². The number of nitrogens with one attached hydrogen (secondary N) is 1. The van der Waals surface area contributed by atoms with Crippen molar-refractivity contribution in [3.63, 3.8) is 0 Å². The minimum atomic E-state index is -0.737. The van der Waals surface area contributed by atoms with Crippen molar-refractivity contribution in [1.29, 1.82) is 0 Å². The number of hydrogen-bond acceptors (Lipinski definition) is 8. The largest absolute Gasteiger partial charge is 0.497 e. The summed E-state index contributed by atoms with van der Waals surface area (Å²) < 4.78 is 17.3. The van der Waals surface area contributed by atoms with Gasteiger partial charge in [0.25, 0.3) is 5.56 Å². The van der Waals surface area contributed by atoms with Crippen LogP contribution in [0, 0.1) is 0 Å². The molecule has 1 saturated heterocycles. The number of nitrogens with zero attached hydrogens (tertiary/aromatic N) is 4. The molecule has 1 fully saturated rings. The predicted octanol–water partition coefficient (Wildman–Crippen LogP) is 3.49. The second kappa shape index (κ2) is 10.1. The fourth-order valence-electron chi connectivity index (χ4n) is 3.62. The van der Waals surface area contributed by atoms with Gasteiger partial charge in [-0.15, -0.1) is 0 Å². The molecule has 4 rings (SSSR count). The lowest BCUT2D eigenvalue weighted by atomic mass is 10.1. The van der Waals surface area contributed by atoms with Crippen molar-refractivity contribution < 1.29 is 19.0 Å². The lowest BCUT2D eigenvalue weighted by Crippen LogP contribution is -2.36. The average Bonchev–Trinajstić information content (AvgIpc) is 2.85. The Hall–Kier alpha value is -3.92. The Morgan fingerprint density at radius 2 is 1.89 bits per heavy atom. The Morgan fingerprint density at radius 1 is 1.11 bits per heavy atom. The van der Waals surface area contributed by atoms with E-state index in [1.54, 1.807) is 46.2 Å². The summed E-state index contributed by atoms with van der Waals surface area (Å²) in [5.74, 6) is 0.965. The molecule has 0 saturated carbocycles. The smallest absolute Gasteiger partial charge is 0.412 e. The van der Waals surface area contributed by atoms with Crippen molar-refractivity contribution >= 4 is 17.5 Å². The van der Waals surface area contributed by atoms with Crippen molar-refractivity contribution in [3.05, 3.63) is 59.0 Å². The molecule has 3 heterocycles. The molecule has 1 amide bonds. The monoisotopic (exact) mass is 479 g/mol. The van der Waals surface area contributed by atoms with Gasteiger partial charge in [0.05, 0.1) is 26.0 Å². The highest BCUT2D eigenvalue weighted by molar-refractivity contribution is 5.85. The number of benzene rings is 1. The van der Waals surface area contributed by atoms with E-state index >= 15 is 0 Å². The first-order valence-electron chi connectivity index (χ1n) is 11.3. The Kier molecular flexibility index (Phi) is 7.02. The van der Waals surface area contributed by atoms with Gasteiger partial charge in [-0.2, -0.15) is 9.78 Å². The molecular weight excluding hydrogens is 450 g/mol. The van der Waals surface area contributed by atoms with E-state index in [0.717, 1.165) is 18.8 Å². The first kappa shape index (κ1) is 24.2. The highest BCUT2D eigenvalue weighted by Gasteiger charge is 2.20. The third-order valence-corrected chi connectivity index (χ3v) is 5.24. The van der Waals surface area contributed by atoms with E-state index < -0.39 is 17.3 Å². The maximum atomic E-state index is 13.4. The summed E-state index contributed by atoms with van der Waals surface area (Å²) in [6.07, 6.45) is 0.895. The molecule has 2 aromatic heterocycles. The van der Waals surface area contributed by atoms with Gasteiger partial charge in [-0.25, -0.2) is 9.78 Å². The third kappa shape index (κ3) is 5.96. The van der Waals surface area contributed by atoms with Crippen LogP contribution in [0.3, 0.4) is 0 Å². The molecule has 0 bridgehead atoms. The Labute approximate surface area is 203 Å². The maximum Gasteiger partial charge on any atom is 0.412 e. The first-order valence-corrected chi connectivity index (χ1v) is 11.3. The van der Waals surface area contributed by atoms with E-state index in [1.165, 1.54) is 10.7 Å². The van der Waals surface area contributed by atoms with Crippen LogP contribution in [0.4, 0.5) is 16.2 Å². The molecule has 1 aromatic carbocycles. The van der Waals surface area contributed by atoms with E-state index in [1.807, 2.05) is 24.3 Å². The number of rotatable bonds is 5. The first-order chi connectivity index (χ1) is 16.7. The van der Waals surface area contributed by atoms with Crippen LogP contribution in [-0.4, -0.2) is 59.9 Å². The van der Waals surface area contributed by atoms with Gasteiger partial charge in [0.15, 0.2) is 5.82 Å². The second-order valence-corrected chi connectivity index (χ2v) is 8.99. The standard InChI is InChI=1S/C25H29N5O5/c1-25(2,3)35-24(32)27-21-16-20(17-6-5-7-19(14-17)33-4)28-30(23(21)31)22-15-18(8-9-26-22)29-10-12-34-13-11-29/h5-9,14-16H,10-13H2,1-4H3,(H,27,32). The van der Waals surface area contributed by atoms with Crippen LogP contribution in [0.15, 0.2) is 53.5 Å². The van der Waals surface area contributed by atoms with Crippen LogP contribution in [0.1, 0.15) is 20.8 Å². The molecule has 3 aromatic rings. The fourth-order valence-corrected chi connectivity index (χ4v) is 3.62. The predicted molar refractivity (Wildman–Crippen MR) is 133 cm³/mol. The van der Waals surface area contributed by atoms with Gasteiger partial charge in [-0.1, -0.05) is 12.1 Å². The van der Waals surface area contributed by atoms with Crippen LogP contribution >= 0.6 is 0 Å². The fraction of sp³-hybridized carbons (Fsp3) is 0.360. The molecule has 0 spiro atoms. The van der Waals surface area contributed by atoms with Crippen molar-refractivity contribution in [2.45, 2.75) is 26.4 Å². The molecule has 0 radical (unpaired) electrons. The molecule has 0 atom stereocenters. The third-order valence-electron chi connectivity index (χ3n) is 5.24. The van der Waals surface area contributed by atoms with Crippen LogP contribution in [0.25, 0.3) is 17.1 Å². The van der Waals surface area contributed by atoms with E-state index in [-0.39, 0.29) is 5.69 Å². The number of amides is 1. The number of pyridine rings is 1. The van der Waals surface area contributed by atoms with E-state index in [2.05, 4.69) is 20.3 Å². The summed E-state index contributed by atoms with van der Waals surface area (Å²) in [7, 11) is 1.57. The lowest BCUT2D eigenvalue weighted by Gasteiger charge is -2.28. The highest BCUT2D eigenvalue weighted by Crippen LogP contribution is 2.24. The SMILES string of the molecule is COc1cccc(-c2cc(NC(=O)OC(C)(C)C)c(=O)n(-c3cc(N4CCOCC4)ccn3)n2)c1. The van der Waals surface area contributed by atoms with Gasteiger partial charge in [0, 0.05) is 36.6 Å². The number of ether oxygens (including phenoxy) is 3. The average molecular weight is 480 g/mol. The van der Waals surface area contributed by atoms with Gasteiger partial charge in [-0.3, -0.25) is 10.1 Å². The molecule has 1 aliphatic heterocycles. The van der Waals surface area contributed by atoms with Crippen molar-refractivity contribution in [3.8, 4) is 22.8 Å². The van der Waals surface area contributed by atoms with Gasteiger partial charge < -0.3 is 19.1 Å². The van der Waals surface area contributed by atoms with Crippen molar-refractivity contribution in [2.24, 2.45) is 0 Å². The number of morpholine rings is 1. The van der Waals surface area contributed by atoms with Crippen LogP contribution in [-0.2, 0) is 9.47 Å². The van der Waals surface area contributed by atoms with Gasteiger partial charge >= 0.3 is 6.09 Å². The number of anilines is 2. The van der Waals surface area contributed by atoms with E-state index in [9.17, 15) is 9.59 Å². The minimum Gasteiger partial charge on any atom is -0.497 e. The number of carbonyl (C=O) groups excluding carboxylic acids is 1. The number of aromatic nitrogens is 3. The zero-order chi connectivity index (χ0) is 25.0. The normalized spacial score (nSPS) is 13.9. The molecule has 1 aliphatic rings. The van der Waals surface area contributed by atoms with Crippen LogP contribution in [0.2, 0.25) is 0 Å². The highest BCUT2D eigenvalue weighted by atomic mass is 16.6. The summed E-state index contributed by atoms with van der Waals surface area (Å²) in [4.78, 5) is 32.4. The summed E-state index contributed by atoms with van der Waals surface area (Å²) in [5, 5.41) is 7.14. The molecule has 10 heteroatoms. The zero-order valence-electron chi connectivity index (χ0n) is 20.3. The molecule has 0 unspecified atom stereocenters. The maximum absolute atomic E-state index is 13.4. The zero-order valence-corrected chi connectivity index (χ0v) is 20.3. The molecule has 1 N–H and O–H groups in total. The van der Waals surface area contributed by atoms with Gasteiger partial charge in [0.2, 0.25) is 0 Å². The number of carbonyl (C=O) groups is 1. The summed E-state index contributed by atoms with van der Waals surface area (Å²) >= 11 is 0. The minimum absolute atomic E-state index is 0.0191. The Balaban J connectivity index is 1.80. The summed E-state index contributed by atoms with van der Waals surface area (Å²) in [6.45, 7) is 7.98. The van der Waals surface area contributed by atoms with Gasteiger partial charge in [0.1, 0.15) is 17.0 Å². The number of methoxy groups -OCH3 is 1. The molecular formula is C25H29N5O5. The van der Waals surface area contributed by atoms with Crippen molar-refractivity contribution in [1.82, 2.24) is 14.8 Å². The second-order valence-electron chi connectivity index (χ2n) is 8.99. The Morgan fingerprint density at radius 3 is 2.60 bits per heavy atom. The lowest BCUT2D eigenvalue weighted by molar-refractivity contribution is 0.0635. The number of hydrogen-bond donors (Lipinski definition) is 1. The van der Waals surface area contributed by atoms with E-state index in [0.29, 0.717) is 36.0 Å². The van der Waals surface area contributed by atoms with Crippen LogP contribution in [0.5, 0.6) is 5.75 Å². The molecule has 35 heavy (non-hydrogen) atoms. The molecule has 184 valence electrons. The van der Waals surface area contributed by atoms with Crippen molar-refractivity contribution in [2.75, 3.05) is 43.6 Å². The topological polar surface area (TPSA) is 108 Å². The molecule has 10 nitrogen and oxygen atoms in total. The quantitative estimate of drug-likeness (QED) is 0.593. The van der Waals surface area contributed by atoms with E-state index in [4.69, 9.17) is 14.2 Å². The molecule has 0 aliphatic carbocycles.